The molecule has 308 valence electrons. The van der Waals surface area contributed by atoms with Crippen molar-refractivity contribution in [3.05, 3.63) is 0 Å². The molecular weight excluding hydrogens is 922 g/mol. The summed E-state index contributed by atoms with van der Waals surface area (Å²) < 4.78 is 0. The zero-order valence-corrected chi connectivity index (χ0v) is 29.6. The van der Waals surface area contributed by atoms with Crippen molar-refractivity contribution in [3.8, 4) is 0 Å². The Balaban J connectivity index is -0.0000000785. The van der Waals surface area contributed by atoms with Crippen LogP contribution in [0.5, 0.6) is 0 Å². The molecule has 0 bridgehead atoms. The molecule has 2 radical (unpaired) electrons. The summed E-state index contributed by atoms with van der Waals surface area (Å²) in [6, 6.07) is 0. The maximum Gasteiger partial charge on any atom is 0.335 e. The minimum atomic E-state index is -2.27. The normalized spacial score (nSPS) is 14.9. The molecule has 0 saturated heterocycles. The Morgan fingerprint density at radius 2 is 0.245 bits per heavy atom. The van der Waals surface area contributed by atoms with Crippen molar-refractivity contribution in [2.45, 2.75) is 61.0 Å². The van der Waals surface area contributed by atoms with Crippen LogP contribution in [0.2, 0.25) is 0 Å². The summed E-state index contributed by atoms with van der Waals surface area (Å²) in [4.78, 5) is 97.7. The minimum Gasteiger partial charge on any atom is -0.479 e. The Bertz CT molecular complexity index is 891. The van der Waals surface area contributed by atoms with E-state index in [9.17, 15) is 47.9 Å². The molecule has 0 aromatic rings. The van der Waals surface area contributed by atoms with E-state index in [4.69, 9.17) is 102 Å². The number of carbonyl (C=O) groups is 10. The summed E-state index contributed by atoms with van der Waals surface area (Å²) in [6.07, 6.45) is -22.7. The van der Waals surface area contributed by atoms with Crippen LogP contribution in [0.4, 0.5) is 0 Å². The molecule has 0 rings (SSSR count). The second-order valence-electron chi connectivity index (χ2n) is 7.83. The molecule has 0 aliphatic heterocycles. The van der Waals surface area contributed by atoms with Gasteiger partial charge in [0.05, 0.1) is 0 Å². The van der Waals surface area contributed by atoms with Crippen molar-refractivity contribution in [2.24, 2.45) is 0 Å². The number of aliphatic carboxylic acids is 10. The molecule has 0 aromatic heterocycles. The van der Waals surface area contributed by atoms with Crippen LogP contribution >= 0.6 is 0 Å². The predicted octanol–water partition coefficient (Wildman–Crippen LogP) is -11.4. The molecule has 0 heterocycles. The van der Waals surface area contributed by atoms with E-state index in [2.05, 4.69) is 0 Å². The van der Waals surface area contributed by atoms with Crippen LogP contribution in [0.3, 0.4) is 0 Å². The Morgan fingerprint density at radius 3 is 0.264 bits per heavy atom. The molecule has 53 heavy (non-hydrogen) atoms. The molecule has 0 saturated carbocycles. The first-order chi connectivity index (χ1) is 22.3. The minimum absolute atomic E-state index is 0. The van der Waals surface area contributed by atoms with Gasteiger partial charge in [0.15, 0.2) is 61.0 Å². The molecule has 10 unspecified atom stereocenters. The van der Waals surface area contributed by atoms with Crippen LogP contribution in [0.15, 0.2) is 0 Å². The number of carboxylic acid groups (broad SMARTS) is 10. The third-order valence-electron chi connectivity index (χ3n) is 4.03. The van der Waals surface area contributed by atoms with Gasteiger partial charge in [0, 0.05) is 44.8 Å². The Kier molecular flexibility index (Phi) is 42.4. The van der Waals surface area contributed by atoms with Crippen LogP contribution in [0, 0.1) is 0 Å². The summed E-state index contributed by atoms with van der Waals surface area (Å²) in [5.41, 5.74) is 0. The maximum atomic E-state index is 9.77. The molecule has 0 aromatic carbocycles. The Hall–Kier alpha value is -4.26. The van der Waals surface area contributed by atoms with Gasteiger partial charge in [0.1, 0.15) is 0 Å². The van der Waals surface area contributed by atoms with E-state index in [0.29, 0.717) is 0 Å². The Labute approximate surface area is 320 Å². The second-order valence-corrected chi connectivity index (χ2v) is 7.83. The number of aliphatic hydroxyl groups is 10. The van der Waals surface area contributed by atoms with Crippen LogP contribution < -0.4 is 0 Å². The number of hydrogen-bond donors (Lipinski definition) is 20. The van der Waals surface area contributed by atoms with Gasteiger partial charge in [-0.3, -0.25) is 0 Å². The summed E-state index contributed by atoms with van der Waals surface area (Å²) >= 11 is 0. The molecular formula is C20H32Nb2O31. The van der Waals surface area contributed by atoms with Crippen molar-refractivity contribution < 1.29 is 200 Å². The van der Waals surface area contributed by atoms with Crippen LogP contribution in [0.25, 0.3) is 0 Å². The molecule has 0 aliphatic carbocycles. The molecule has 0 fully saturated rings. The first-order valence-electron chi connectivity index (χ1n) is 11.4. The smallest absolute Gasteiger partial charge is 0.335 e. The first kappa shape index (κ1) is 66.9. The fourth-order valence-corrected chi connectivity index (χ4v) is 1.35. The van der Waals surface area contributed by atoms with E-state index in [-0.39, 0.29) is 50.2 Å². The average Bonchev–Trinajstić information content (AvgIpc) is 3.01. The van der Waals surface area contributed by atoms with E-state index in [1.165, 1.54) is 0 Å². The third kappa shape index (κ3) is 32.1. The van der Waals surface area contributed by atoms with Crippen LogP contribution in [0.1, 0.15) is 0 Å². The second kappa shape index (κ2) is 33.6. The fraction of sp³-hybridized carbons (Fsp3) is 0.500. The zero-order valence-electron chi connectivity index (χ0n) is 25.2. The molecule has 0 aliphatic rings. The van der Waals surface area contributed by atoms with E-state index in [1.807, 2.05) is 0 Å². The van der Waals surface area contributed by atoms with Gasteiger partial charge in [-0.05, 0) is 0 Å². The molecule has 22 N–H and O–H groups in total. The van der Waals surface area contributed by atoms with E-state index >= 15 is 0 Å². The quantitative estimate of drug-likeness (QED) is 0.0678. The molecule has 0 spiro atoms. The van der Waals surface area contributed by atoms with E-state index in [0.717, 1.165) is 0 Å². The molecule has 10 atom stereocenters. The monoisotopic (exact) mass is 954 g/mol. The Morgan fingerprint density at radius 1 is 0.208 bits per heavy atom. The van der Waals surface area contributed by atoms with Crippen LogP contribution in [-0.2, 0) is 92.7 Å². The van der Waals surface area contributed by atoms with Crippen molar-refractivity contribution in [2.75, 3.05) is 0 Å². The summed E-state index contributed by atoms with van der Waals surface area (Å²) in [5.74, 6) is -17.7. The summed E-state index contributed by atoms with van der Waals surface area (Å²) in [6.45, 7) is 0. The van der Waals surface area contributed by atoms with Crippen molar-refractivity contribution in [1.29, 1.82) is 0 Å². The van der Waals surface area contributed by atoms with Gasteiger partial charge in [-0.1, -0.05) is 0 Å². The van der Waals surface area contributed by atoms with Gasteiger partial charge in [-0.15, -0.1) is 0 Å². The van der Waals surface area contributed by atoms with Crippen molar-refractivity contribution in [3.63, 3.8) is 0 Å². The topological polar surface area (TPSA) is 607 Å². The van der Waals surface area contributed by atoms with E-state index in [1.54, 1.807) is 0 Å². The number of aliphatic hydroxyl groups excluding tert-OH is 10. The largest absolute Gasteiger partial charge is 0.479 e. The fourth-order valence-electron chi connectivity index (χ4n) is 1.35. The SMILES string of the molecule is O.O=C(O)C(O)C(O)C(=O)O.O=C(O)C(O)C(O)C(=O)O.O=C(O)C(O)C(O)C(=O)O.O=C(O)C(O)C(O)C(=O)O.O=C(O)C(O)C(O)C(=O)O.[Nb].[Nb]. The number of rotatable bonds is 15. The first-order valence-corrected chi connectivity index (χ1v) is 11.4. The maximum absolute atomic E-state index is 9.77. The predicted molar refractivity (Wildman–Crippen MR) is 140 cm³/mol. The van der Waals surface area contributed by atoms with Crippen LogP contribution in [-0.4, -0.2) is 228 Å². The zero-order chi connectivity index (χ0) is 41.5. The van der Waals surface area contributed by atoms with Crippen molar-refractivity contribution >= 4 is 59.7 Å². The third-order valence-corrected chi connectivity index (χ3v) is 4.03. The molecule has 0 amide bonds. The molecule has 31 nitrogen and oxygen atoms in total. The summed E-state index contributed by atoms with van der Waals surface area (Å²) in [7, 11) is 0. The number of carboxylic acids is 10. The average molecular weight is 954 g/mol. The van der Waals surface area contributed by atoms with Crippen molar-refractivity contribution in [1.82, 2.24) is 0 Å². The van der Waals surface area contributed by atoms with Gasteiger partial charge in [0.25, 0.3) is 0 Å². The molecule has 33 heteroatoms. The van der Waals surface area contributed by atoms with Gasteiger partial charge >= 0.3 is 59.7 Å². The standard InChI is InChI=1S/5C4H6O6.2Nb.H2O/c5*5-1(3(7)8)2(6)4(9)10;;;/h5*1-2,5-6H,(H,7,8)(H,9,10);;;1H2. The van der Waals surface area contributed by atoms with Gasteiger partial charge in [-0.25, -0.2) is 47.9 Å². The summed E-state index contributed by atoms with van der Waals surface area (Å²) in [5, 5.41) is 163. The van der Waals surface area contributed by atoms with Gasteiger partial charge in [0.2, 0.25) is 0 Å². The van der Waals surface area contributed by atoms with Gasteiger partial charge in [-0.2, -0.15) is 0 Å². The number of hydrogen-bond acceptors (Lipinski definition) is 20. The van der Waals surface area contributed by atoms with E-state index < -0.39 is 121 Å². The van der Waals surface area contributed by atoms with Gasteiger partial charge < -0.3 is 108 Å².